The van der Waals surface area contributed by atoms with Crippen LogP contribution < -0.4 is 21.7 Å². The number of anilines is 2. The lowest BCUT2D eigenvalue weighted by Crippen LogP contribution is -2.37. The van der Waals surface area contributed by atoms with Gasteiger partial charge in [0.05, 0.1) is 54.9 Å². The first kappa shape index (κ1) is 24.4. The molecule has 2 amide bonds. The summed E-state index contributed by atoms with van der Waals surface area (Å²) in [6, 6.07) is 3.40. The van der Waals surface area contributed by atoms with E-state index in [4.69, 9.17) is 15.2 Å². The quantitative estimate of drug-likeness (QED) is 0.279. The van der Waals surface area contributed by atoms with Crippen molar-refractivity contribution < 1.29 is 19.1 Å². The number of methoxy groups -OCH3 is 2. The van der Waals surface area contributed by atoms with E-state index in [-0.39, 0.29) is 30.3 Å². The summed E-state index contributed by atoms with van der Waals surface area (Å²) in [7, 11) is 4.49. The summed E-state index contributed by atoms with van der Waals surface area (Å²) in [6.07, 6.45) is 5.58. The minimum absolute atomic E-state index is 0.0263. The molecule has 0 aliphatic heterocycles. The molecule has 0 atom stereocenters. The summed E-state index contributed by atoms with van der Waals surface area (Å²) in [6.45, 7) is 0.700. The molecule has 0 aliphatic carbocycles. The van der Waals surface area contributed by atoms with Gasteiger partial charge in [0.2, 0.25) is 0 Å². The maximum atomic E-state index is 13.1. The number of hydrogen-bond acceptors (Lipinski definition) is 10. The van der Waals surface area contributed by atoms with E-state index in [2.05, 4.69) is 35.9 Å². The van der Waals surface area contributed by atoms with Crippen LogP contribution in [0.5, 0.6) is 0 Å². The molecule has 5 N–H and O–H groups in total. The van der Waals surface area contributed by atoms with Crippen LogP contribution in [0, 0.1) is 0 Å². The second-order valence-electron chi connectivity index (χ2n) is 6.22. The zero-order chi connectivity index (χ0) is 23.3. The third-order valence-electron chi connectivity index (χ3n) is 3.98. The fourth-order valence-corrected chi connectivity index (χ4v) is 2.53. The SMILES string of the molecule is CNC(=O)C(=NCCOC)C(=CN)NC(=O)c1nc(COC)ccc1Nc1cncnc1. The number of hydrogen-bond donors (Lipinski definition) is 4. The normalized spacial score (nSPS) is 11.7. The van der Waals surface area contributed by atoms with Crippen molar-refractivity contribution in [2.24, 2.45) is 10.7 Å². The Bertz CT molecular complexity index is 979. The molecule has 2 aromatic rings. The van der Waals surface area contributed by atoms with E-state index in [1.807, 2.05) is 0 Å². The first-order valence-electron chi connectivity index (χ1n) is 9.54. The standard InChI is InChI=1S/C20H26N8O4/c1-22-19(29)17(25-6-7-31-2)16(8-21)28-20(30)18-15(5-4-13(27-18)11-32-3)26-14-9-23-12-24-10-14/h4-5,8-10,12,26H,6-7,11,21H2,1-3H3,(H,22,29)(H,28,30). The van der Waals surface area contributed by atoms with Gasteiger partial charge in [-0.15, -0.1) is 0 Å². The zero-order valence-electron chi connectivity index (χ0n) is 18.1. The van der Waals surface area contributed by atoms with Crippen LogP contribution in [-0.4, -0.2) is 66.9 Å². The molecule has 0 unspecified atom stereocenters. The van der Waals surface area contributed by atoms with E-state index in [1.54, 1.807) is 24.5 Å². The highest BCUT2D eigenvalue weighted by molar-refractivity contribution is 6.45. The highest BCUT2D eigenvalue weighted by atomic mass is 16.5. The number of amides is 2. The molecule has 2 aromatic heterocycles. The van der Waals surface area contributed by atoms with Gasteiger partial charge in [0, 0.05) is 27.5 Å². The molecule has 0 radical (unpaired) electrons. The van der Waals surface area contributed by atoms with Crippen molar-refractivity contribution in [3.63, 3.8) is 0 Å². The summed E-state index contributed by atoms with van der Waals surface area (Å²) in [4.78, 5) is 41.9. The Morgan fingerprint density at radius 2 is 1.94 bits per heavy atom. The monoisotopic (exact) mass is 442 g/mol. The molecule has 2 rings (SSSR count). The smallest absolute Gasteiger partial charge is 0.276 e. The van der Waals surface area contributed by atoms with E-state index in [1.165, 1.54) is 27.6 Å². The molecule has 0 aliphatic rings. The van der Waals surface area contributed by atoms with E-state index in [9.17, 15) is 9.59 Å². The highest BCUT2D eigenvalue weighted by Crippen LogP contribution is 2.20. The van der Waals surface area contributed by atoms with E-state index >= 15 is 0 Å². The summed E-state index contributed by atoms with van der Waals surface area (Å²) in [5.74, 6) is -1.12. The van der Waals surface area contributed by atoms with Crippen molar-refractivity contribution in [2.45, 2.75) is 6.61 Å². The maximum absolute atomic E-state index is 13.1. The van der Waals surface area contributed by atoms with Gasteiger partial charge < -0.3 is 31.2 Å². The van der Waals surface area contributed by atoms with Crippen molar-refractivity contribution in [3.8, 4) is 0 Å². The molecule has 0 aromatic carbocycles. The number of nitrogens with one attached hydrogen (secondary N) is 3. The largest absolute Gasteiger partial charge is 0.403 e. The van der Waals surface area contributed by atoms with Gasteiger partial charge in [-0.05, 0) is 12.1 Å². The summed E-state index contributed by atoms with van der Waals surface area (Å²) in [5, 5.41) is 8.14. The fraction of sp³-hybridized carbons (Fsp3) is 0.300. The molecule has 0 fully saturated rings. The van der Waals surface area contributed by atoms with Crippen LogP contribution in [-0.2, 0) is 20.9 Å². The van der Waals surface area contributed by atoms with Gasteiger partial charge in [-0.2, -0.15) is 0 Å². The number of aliphatic imine (C=N–C) groups is 1. The van der Waals surface area contributed by atoms with Crippen molar-refractivity contribution in [1.82, 2.24) is 25.6 Å². The average molecular weight is 442 g/mol. The van der Waals surface area contributed by atoms with Gasteiger partial charge in [-0.1, -0.05) is 0 Å². The Hall–Kier alpha value is -3.90. The molecular weight excluding hydrogens is 416 g/mol. The molecule has 12 heteroatoms. The average Bonchev–Trinajstić information content (AvgIpc) is 2.82. The van der Waals surface area contributed by atoms with Crippen LogP contribution in [0.1, 0.15) is 16.2 Å². The van der Waals surface area contributed by atoms with E-state index < -0.39 is 11.8 Å². The number of nitrogens with two attached hydrogens (primary N) is 1. The van der Waals surface area contributed by atoms with Crippen molar-refractivity contribution in [2.75, 3.05) is 39.7 Å². The zero-order valence-corrected chi connectivity index (χ0v) is 18.1. The van der Waals surface area contributed by atoms with Gasteiger partial charge in [0.1, 0.15) is 12.0 Å². The summed E-state index contributed by atoms with van der Waals surface area (Å²) in [5.41, 5.74) is 7.22. The molecule has 0 saturated heterocycles. The van der Waals surface area contributed by atoms with Gasteiger partial charge in [-0.25, -0.2) is 15.0 Å². The Morgan fingerprint density at radius 3 is 2.56 bits per heavy atom. The number of ether oxygens (including phenoxy) is 2. The van der Waals surface area contributed by atoms with E-state index in [0.29, 0.717) is 23.7 Å². The summed E-state index contributed by atoms with van der Waals surface area (Å²) >= 11 is 0. The number of pyridine rings is 1. The lowest BCUT2D eigenvalue weighted by molar-refractivity contribution is -0.114. The predicted molar refractivity (Wildman–Crippen MR) is 118 cm³/mol. The van der Waals surface area contributed by atoms with Gasteiger partial charge >= 0.3 is 0 Å². The molecule has 12 nitrogen and oxygen atoms in total. The van der Waals surface area contributed by atoms with Crippen LogP contribution in [0.15, 0.2) is 47.7 Å². The Labute approximate surface area is 185 Å². The van der Waals surface area contributed by atoms with Crippen molar-refractivity contribution in [1.29, 1.82) is 0 Å². The van der Waals surface area contributed by atoms with Crippen LogP contribution in [0.4, 0.5) is 11.4 Å². The molecule has 0 bridgehead atoms. The maximum Gasteiger partial charge on any atom is 0.276 e. The van der Waals surface area contributed by atoms with Crippen molar-refractivity contribution in [3.05, 3.63) is 54.1 Å². The minimum atomic E-state index is -0.609. The third kappa shape index (κ3) is 6.82. The Morgan fingerprint density at radius 1 is 1.19 bits per heavy atom. The second kappa shape index (κ2) is 12.7. The number of rotatable bonds is 11. The molecular formula is C20H26N8O4. The van der Waals surface area contributed by atoms with Crippen LogP contribution in [0.25, 0.3) is 0 Å². The molecule has 32 heavy (non-hydrogen) atoms. The first-order valence-corrected chi connectivity index (χ1v) is 9.54. The minimum Gasteiger partial charge on any atom is -0.403 e. The third-order valence-corrected chi connectivity index (χ3v) is 3.98. The number of aromatic nitrogens is 3. The van der Waals surface area contributed by atoms with Gasteiger partial charge in [0.25, 0.3) is 11.8 Å². The Balaban J connectivity index is 2.36. The highest BCUT2D eigenvalue weighted by Gasteiger charge is 2.21. The van der Waals surface area contributed by atoms with Gasteiger partial charge in [0.15, 0.2) is 5.69 Å². The predicted octanol–water partition coefficient (Wildman–Crippen LogP) is 0.125. The van der Waals surface area contributed by atoms with Crippen LogP contribution >= 0.6 is 0 Å². The lowest BCUT2D eigenvalue weighted by atomic mass is 10.2. The van der Waals surface area contributed by atoms with Crippen molar-refractivity contribution >= 4 is 28.9 Å². The first-order chi connectivity index (χ1) is 15.5. The summed E-state index contributed by atoms with van der Waals surface area (Å²) < 4.78 is 10.1. The van der Waals surface area contributed by atoms with Gasteiger partial charge in [-0.3, -0.25) is 14.6 Å². The fourth-order valence-electron chi connectivity index (χ4n) is 2.53. The van der Waals surface area contributed by atoms with E-state index in [0.717, 1.165) is 6.20 Å². The Kier molecular flexibility index (Phi) is 9.69. The van der Waals surface area contributed by atoms with Crippen LogP contribution in [0.2, 0.25) is 0 Å². The number of nitrogens with zero attached hydrogens (tertiary/aromatic N) is 4. The topological polar surface area (TPSA) is 166 Å². The number of carbonyl (C=O) groups excluding carboxylic acids is 2. The molecule has 0 saturated carbocycles. The molecule has 0 spiro atoms. The molecule has 2 heterocycles. The lowest BCUT2D eigenvalue weighted by Gasteiger charge is -2.15. The second-order valence-corrected chi connectivity index (χ2v) is 6.22. The number of carbonyl (C=O) groups is 2. The molecule has 170 valence electrons. The van der Waals surface area contributed by atoms with Crippen LogP contribution in [0.3, 0.4) is 0 Å².